The average molecular weight is 516 g/mol. The van der Waals surface area contributed by atoms with E-state index < -0.39 is 12.0 Å². The molecule has 0 saturated carbocycles. The third-order valence-electron chi connectivity index (χ3n) is 6.60. The molecule has 0 aliphatic heterocycles. The number of nitrogens with one attached hydrogen (secondary N) is 2. The number of amides is 1. The number of aromatic amines is 1. The number of carbonyl (C=O) groups excluding carboxylic acids is 2. The number of Topliss-reactive ketones (excluding diaryl/α,β-unsaturated/α-hetero) is 1. The smallest absolute Gasteiger partial charge is 0.220 e. The molecule has 4 rings (SSSR count). The van der Waals surface area contributed by atoms with Crippen LogP contribution in [0, 0.1) is 5.92 Å². The summed E-state index contributed by atoms with van der Waals surface area (Å²) in [7, 11) is 3.15. The molecule has 8 nitrogen and oxygen atoms in total. The topological polar surface area (TPSA) is 116 Å². The van der Waals surface area contributed by atoms with Crippen molar-refractivity contribution in [3.05, 3.63) is 90.1 Å². The van der Waals surface area contributed by atoms with Crippen molar-refractivity contribution in [3.63, 3.8) is 0 Å². The van der Waals surface area contributed by atoms with E-state index in [4.69, 9.17) is 19.9 Å². The lowest BCUT2D eigenvalue weighted by atomic mass is 9.90. The Kier molecular flexibility index (Phi) is 9.00. The molecular formula is C30H33N3O5. The second-order valence-corrected chi connectivity index (χ2v) is 8.94. The molecule has 2 atom stereocenters. The number of rotatable bonds is 13. The van der Waals surface area contributed by atoms with Gasteiger partial charge in [0.25, 0.3) is 0 Å². The number of benzene rings is 3. The van der Waals surface area contributed by atoms with Gasteiger partial charge in [-0.3, -0.25) is 9.59 Å². The number of aromatic nitrogens is 1. The van der Waals surface area contributed by atoms with E-state index in [1.165, 1.54) is 0 Å². The van der Waals surface area contributed by atoms with E-state index in [1.807, 2.05) is 60.8 Å². The lowest BCUT2D eigenvalue weighted by molar-refractivity contribution is -0.126. The molecule has 0 fully saturated rings. The zero-order valence-electron chi connectivity index (χ0n) is 21.6. The summed E-state index contributed by atoms with van der Waals surface area (Å²) in [6, 6.07) is 21.8. The summed E-state index contributed by atoms with van der Waals surface area (Å²) in [6.07, 6.45) is 2.58. The minimum Gasteiger partial charge on any atom is -0.496 e. The normalized spacial score (nSPS) is 12.5. The molecule has 4 aromatic rings. The first-order valence-electron chi connectivity index (χ1n) is 12.5. The minimum absolute atomic E-state index is 0.0829. The SMILES string of the molecule is COc1ccccc1CCC(=O)NCC(C(=O)COc1ccccc1OC)C(N)c1c[nH]c2ccccc12. The number of aryl methyl sites for hydroxylation is 1. The average Bonchev–Trinajstić information content (AvgIpc) is 3.39. The number of hydrogen-bond donors (Lipinski definition) is 3. The van der Waals surface area contributed by atoms with Gasteiger partial charge in [0.1, 0.15) is 12.4 Å². The Balaban J connectivity index is 1.47. The summed E-state index contributed by atoms with van der Waals surface area (Å²) in [5.74, 6) is 0.623. The second-order valence-electron chi connectivity index (χ2n) is 8.94. The number of H-pyrrole nitrogens is 1. The molecule has 38 heavy (non-hydrogen) atoms. The highest BCUT2D eigenvalue weighted by Crippen LogP contribution is 2.29. The van der Waals surface area contributed by atoms with E-state index in [-0.39, 0.29) is 31.3 Å². The van der Waals surface area contributed by atoms with Crippen molar-refractivity contribution in [2.24, 2.45) is 11.7 Å². The number of fused-ring (bicyclic) bond motifs is 1. The number of para-hydroxylation sites is 4. The second kappa shape index (κ2) is 12.8. The van der Waals surface area contributed by atoms with Gasteiger partial charge in [-0.05, 0) is 41.8 Å². The van der Waals surface area contributed by atoms with Crippen LogP contribution in [-0.4, -0.2) is 44.0 Å². The van der Waals surface area contributed by atoms with Crippen LogP contribution in [0.4, 0.5) is 0 Å². The van der Waals surface area contributed by atoms with E-state index in [9.17, 15) is 9.59 Å². The van der Waals surface area contributed by atoms with Crippen molar-refractivity contribution in [2.45, 2.75) is 18.9 Å². The molecule has 1 heterocycles. The molecule has 0 bridgehead atoms. The van der Waals surface area contributed by atoms with Crippen molar-refractivity contribution >= 4 is 22.6 Å². The van der Waals surface area contributed by atoms with Gasteiger partial charge in [0.2, 0.25) is 5.91 Å². The molecular weight excluding hydrogens is 482 g/mol. The highest BCUT2D eigenvalue weighted by Gasteiger charge is 2.29. The van der Waals surface area contributed by atoms with Crippen molar-refractivity contribution < 1.29 is 23.8 Å². The maximum absolute atomic E-state index is 13.4. The maximum Gasteiger partial charge on any atom is 0.220 e. The van der Waals surface area contributed by atoms with E-state index in [0.29, 0.717) is 17.9 Å². The number of ketones is 1. The maximum atomic E-state index is 13.4. The molecule has 4 N–H and O–H groups in total. The fourth-order valence-electron chi connectivity index (χ4n) is 4.49. The quantitative estimate of drug-likeness (QED) is 0.246. The Morgan fingerprint density at radius 1 is 0.895 bits per heavy atom. The van der Waals surface area contributed by atoms with Crippen LogP contribution in [-0.2, 0) is 16.0 Å². The molecule has 0 radical (unpaired) electrons. The number of methoxy groups -OCH3 is 2. The van der Waals surface area contributed by atoms with Crippen molar-refractivity contribution in [2.75, 3.05) is 27.4 Å². The van der Waals surface area contributed by atoms with Gasteiger partial charge in [-0.25, -0.2) is 0 Å². The van der Waals surface area contributed by atoms with Crippen LogP contribution in [0.25, 0.3) is 10.9 Å². The summed E-state index contributed by atoms with van der Waals surface area (Å²) in [5, 5.41) is 3.85. The minimum atomic E-state index is -0.709. The molecule has 0 spiro atoms. The van der Waals surface area contributed by atoms with E-state index in [0.717, 1.165) is 27.8 Å². The summed E-state index contributed by atoms with van der Waals surface area (Å²) in [4.78, 5) is 29.4. The molecule has 0 aliphatic rings. The zero-order valence-corrected chi connectivity index (χ0v) is 21.6. The van der Waals surface area contributed by atoms with Gasteiger partial charge < -0.3 is 30.2 Å². The Bertz CT molecular complexity index is 1380. The van der Waals surface area contributed by atoms with E-state index in [2.05, 4.69) is 10.3 Å². The third-order valence-corrected chi connectivity index (χ3v) is 6.60. The highest BCUT2D eigenvalue weighted by molar-refractivity contribution is 5.88. The predicted molar refractivity (Wildman–Crippen MR) is 147 cm³/mol. The Hall–Kier alpha value is -4.30. The molecule has 0 aliphatic carbocycles. The van der Waals surface area contributed by atoms with Crippen LogP contribution >= 0.6 is 0 Å². The van der Waals surface area contributed by atoms with Crippen molar-refractivity contribution in [1.29, 1.82) is 0 Å². The highest BCUT2D eigenvalue weighted by atomic mass is 16.5. The molecule has 198 valence electrons. The number of carbonyl (C=O) groups is 2. The van der Waals surface area contributed by atoms with Crippen LogP contribution in [0.3, 0.4) is 0 Å². The van der Waals surface area contributed by atoms with Gasteiger partial charge in [-0.1, -0.05) is 48.5 Å². The van der Waals surface area contributed by atoms with Crippen molar-refractivity contribution in [1.82, 2.24) is 10.3 Å². The number of hydrogen-bond acceptors (Lipinski definition) is 6. The van der Waals surface area contributed by atoms with Crippen LogP contribution in [0.5, 0.6) is 17.2 Å². The van der Waals surface area contributed by atoms with Gasteiger partial charge >= 0.3 is 0 Å². The summed E-state index contributed by atoms with van der Waals surface area (Å²) in [6.45, 7) is -0.127. The standard InChI is InChI=1S/C30H33N3O5/c1-36-26-12-6-3-9-20(26)15-16-29(35)33-18-23(25(34)19-38-28-14-8-7-13-27(28)37-2)30(31)22-17-32-24-11-5-4-10-21(22)24/h3-14,17,23,30,32H,15-16,18-19,31H2,1-2H3,(H,33,35). The fraction of sp³-hybridized carbons (Fsp3) is 0.267. The summed E-state index contributed by atoms with van der Waals surface area (Å²) in [5.41, 5.74) is 9.35. The summed E-state index contributed by atoms with van der Waals surface area (Å²) >= 11 is 0. The Labute approximate surface area is 222 Å². The van der Waals surface area contributed by atoms with E-state index in [1.54, 1.807) is 32.4 Å². The van der Waals surface area contributed by atoms with Gasteiger partial charge in [0.05, 0.1) is 20.1 Å². The molecule has 1 aromatic heterocycles. The monoisotopic (exact) mass is 515 g/mol. The van der Waals surface area contributed by atoms with Crippen LogP contribution in [0.1, 0.15) is 23.6 Å². The molecule has 0 saturated heterocycles. The molecule has 3 aromatic carbocycles. The van der Waals surface area contributed by atoms with Gasteiger partial charge in [-0.15, -0.1) is 0 Å². The lowest BCUT2D eigenvalue weighted by Crippen LogP contribution is -2.40. The Morgan fingerprint density at radius 3 is 2.32 bits per heavy atom. The number of nitrogens with two attached hydrogens (primary N) is 1. The van der Waals surface area contributed by atoms with Gasteiger partial charge in [0, 0.05) is 36.1 Å². The molecule has 1 amide bonds. The fourth-order valence-corrected chi connectivity index (χ4v) is 4.49. The van der Waals surface area contributed by atoms with Crippen LogP contribution in [0.15, 0.2) is 79.0 Å². The van der Waals surface area contributed by atoms with Gasteiger partial charge in [-0.2, -0.15) is 0 Å². The predicted octanol–water partition coefficient (Wildman–Crippen LogP) is 4.20. The third kappa shape index (κ3) is 6.33. The van der Waals surface area contributed by atoms with Crippen LogP contribution in [0.2, 0.25) is 0 Å². The largest absolute Gasteiger partial charge is 0.496 e. The first-order valence-corrected chi connectivity index (χ1v) is 12.5. The number of ether oxygens (including phenoxy) is 3. The van der Waals surface area contributed by atoms with Crippen LogP contribution < -0.4 is 25.3 Å². The van der Waals surface area contributed by atoms with Gasteiger partial charge in [0.15, 0.2) is 17.3 Å². The van der Waals surface area contributed by atoms with E-state index >= 15 is 0 Å². The molecule has 8 heteroatoms. The van der Waals surface area contributed by atoms with Crippen molar-refractivity contribution in [3.8, 4) is 17.2 Å². The molecule has 2 unspecified atom stereocenters. The zero-order chi connectivity index (χ0) is 26.9. The first kappa shape index (κ1) is 26.8. The summed E-state index contributed by atoms with van der Waals surface area (Å²) < 4.78 is 16.5. The Morgan fingerprint density at radius 2 is 1.55 bits per heavy atom. The first-order chi connectivity index (χ1) is 18.5. The lowest BCUT2D eigenvalue weighted by Gasteiger charge is -2.23.